The number of carbonyl (C=O) groups excluding carboxylic acids is 3. The van der Waals surface area contributed by atoms with E-state index in [0.717, 1.165) is 12.0 Å². The van der Waals surface area contributed by atoms with Crippen molar-refractivity contribution in [3.8, 4) is 11.5 Å². The van der Waals surface area contributed by atoms with Crippen LogP contribution in [0.2, 0.25) is 0 Å². The van der Waals surface area contributed by atoms with Crippen molar-refractivity contribution in [1.82, 2.24) is 20.3 Å². The molecule has 13 nitrogen and oxygen atoms in total. The number of allylic oxidation sites excluding steroid dienone is 3. The van der Waals surface area contributed by atoms with Crippen LogP contribution >= 0.6 is 0 Å². The second kappa shape index (κ2) is 16.5. The fraction of sp³-hybridized carbons (Fsp3) is 0.472. The first kappa shape index (κ1) is 38.4. The number of nitrogens with two attached hydrogens (primary N) is 1. The van der Waals surface area contributed by atoms with Crippen molar-refractivity contribution in [2.24, 2.45) is 11.3 Å². The standard InChI is InChI=1S/C36H49N5O8S/c1-23(2)20-41(50(46,47)25-15-16-30-31(18-25)49-22-48-30)21-29(42)28(17-24-11-7-6-8-12-24)39-35(45)33(36(3,4)5)40-32(43)19-38-34(44)26-13-9-10-14-27(26)37/h6-7,9-11,13-16,18,23,28-29,33,42H,8,12,17,19-22,37H2,1-5H3,(H,38,44)(H,39,45)(H,40,43)/t28-,29+,33+/m0/s1. The Balaban J connectivity index is 1.53. The van der Waals surface area contributed by atoms with E-state index in [1.807, 2.05) is 32.1 Å². The van der Waals surface area contributed by atoms with Crippen LogP contribution in [0.4, 0.5) is 5.69 Å². The van der Waals surface area contributed by atoms with Crippen molar-refractivity contribution < 1.29 is 37.4 Å². The molecule has 50 heavy (non-hydrogen) atoms. The van der Waals surface area contributed by atoms with Gasteiger partial charge in [-0.2, -0.15) is 4.31 Å². The molecule has 0 spiro atoms. The third kappa shape index (κ3) is 10.1. The number of nitrogens with one attached hydrogen (secondary N) is 3. The lowest BCUT2D eigenvalue weighted by molar-refractivity contribution is -0.132. The molecule has 0 aromatic heterocycles. The molecule has 1 aliphatic heterocycles. The number of rotatable bonds is 15. The van der Waals surface area contributed by atoms with E-state index in [4.69, 9.17) is 15.2 Å². The highest BCUT2D eigenvalue weighted by Crippen LogP contribution is 2.35. The van der Waals surface area contributed by atoms with Crippen LogP contribution in [-0.2, 0) is 19.6 Å². The highest BCUT2D eigenvalue weighted by Gasteiger charge is 2.37. The normalized spacial score (nSPS) is 16.0. The first-order chi connectivity index (χ1) is 23.6. The molecule has 0 bridgehead atoms. The van der Waals surface area contributed by atoms with Crippen LogP contribution in [0.3, 0.4) is 0 Å². The summed E-state index contributed by atoms with van der Waals surface area (Å²) in [6.45, 7) is 8.50. The van der Waals surface area contributed by atoms with Crippen molar-refractivity contribution in [3.05, 3.63) is 71.8 Å². The molecule has 0 unspecified atom stereocenters. The fourth-order valence-corrected chi connectivity index (χ4v) is 7.34. The summed E-state index contributed by atoms with van der Waals surface area (Å²) >= 11 is 0. The van der Waals surface area contributed by atoms with Gasteiger partial charge in [0, 0.05) is 24.8 Å². The zero-order valence-corrected chi connectivity index (χ0v) is 30.1. The topological polar surface area (TPSA) is 189 Å². The van der Waals surface area contributed by atoms with Gasteiger partial charge in [-0.3, -0.25) is 14.4 Å². The third-order valence-electron chi connectivity index (χ3n) is 8.36. The van der Waals surface area contributed by atoms with Gasteiger partial charge in [-0.05, 0) is 54.9 Å². The van der Waals surface area contributed by atoms with Gasteiger partial charge in [0.2, 0.25) is 28.6 Å². The lowest BCUT2D eigenvalue weighted by Gasteiger charge is -2.35. The molecule has 0 radical (unpaired) electrons. The van der Waals surface area contributed by atoms with E-state index < -0.39 is 57.9 Å². The van der Waals surface area contributed by atoms with E-state index in [1.165, 1.54) is 22.5 Å². The molecule has 4 rings (SSSR count). The molecule has 14 heteroatoms. The molecule has 2 aromatic carbocycles. The van der Waals surface area contributed by atoms with Crippen molar-refractivity contribution >= 4 is 33.4 Å². The molecule has 2 aliphatic rings. The number of nitrogens with zero attached hydrogens (tertiary/aromatic N) is 1. The molecular formula is C36H49N5O8S. The van der Waals surface area contributed by atoms with Crippen molar-refractivity contribution in [1.29, 1.82) is 0 Å². The zero-order valence-electron chi connectivity index (χ0n) is 29.3. The van der Waals surface area contributed by atoms with Gasteiger partial charge in [-0.15, -0.1) is 0 Å². The summed E-state index contributed by atoms with van der Waals surface area (Å²) in [7, 11) is -4.10. The van der Waals surface area contributed by atoms with Gasteiger partial charge >= 0.3 is 0 Å². The summed E-state index contributed by atoms with van der Waals surface area (Å²) in [5, 5.41) is 19.9. The smallest absolute Gasteiger partial charge is 0.253 e. The second-order valence-electron chi connectivity index (χ2n) is 14.0. The number of sulfonamides is 1. The Morgan fingerprint density at radius 1 is 1.02 bits per heavy atom. The summed E-state index contributed by atoms with van der Waals surface area (Å²) in [6, 6.07) is 8.89. The first-order valence-corrected chi connectivity index (χ1v) is 18.1. The number of hydrogen-bond donors (Lipinski definition) is 5. The SMILES string of the molecule is CC(C)CN(C[C@@H](O)[C@H](CC1=CC=CCC1)NC(=O)[C@@H](NC(=O)CNC(=O)c1ccccc1N)C(C)(C)C)S(=O)(=O)c1ccc2c(c1)OCO2. The Kier molecular flexibility index (Phi) is 12.7. The van der Waals surface area contributed by atoms with E-state index in [1.54, 1.807) is 45.0 Å². The minimum atomic E-state index is -4.10. The maximum absolute atomic E-state index is 13.9. The van der Waals surface area contributed by atoms with Crippen LogP contribution < -0.4 is 31.2 Å². The van der Waals surface area contributed by atoms with Crippen LogP contribution in [-0.4, -0.2) is 80.2 Å². The molecule has 0 fully saturated rings. The van der Waals surface area contributed by atoms with E-state index in [0.29, 0.717) is 17.9 Å². The van der Waals surface area contributed by atoms with Crippen molar-refractivity contribution in [2.45, 2.75) is 77.0 Å². The number of carbonyl (C=O) groups is 3. The summed E-state index contributed by atoms with van der Waals surface area (Å²) in [6.07, 6.45) is 6.31. The van der Waals surface area contributed by atoms with Gasteiger partial charge in [-0.1, -0.05) is 70.6 Å². The number of benzene rings is 2. The number of aliphatic hydroxyl groups is 1. The van der Waals surface area contributed by atoms with E-state index in [9.17, 15) is 27.9 Å². The van der Waals surface area contributed by atoms with E-state index >= 15 is 0 Å². The number of aliphatic hydroxyl groups excluding tert-OH is 1. The Morgan fingerprint density at radius 2 is 1.74 bits per heavy atom. The monoisotopic (exact) mass is 711 g/mol. The van der Waals surface area contributed by atoms with Gasteiger partial charge in [0.1, 0.15) is 6.04 Å². The largest absolute Gasteiger partial charge is 0.454 e. The summed E-state index contributed by atoms with van der Waals surface area (Å²) in [5.41, 5.74) is 6.57. The number of para-hydroxylation sites is 1. The molecule has 3 amide bonds. The molecule has 6 N–H and O–H groups in total. The Labute approximate surface area is 294 Å². The Morgan fingerprint density at radius 3 is 2.40 bits per heavy atom. The molecule has 0 saturated heterocycles. The summed E-state index contributed by atoms with van der Waals surface area (Å²) in [4.78, 5) is 39.6. The molecule has 1 heterocycles. The van der Waals surface area contributed by atoms with Crippen LogP contribution in [0.15, 0.2) is 71.2 Å². The van der Waals surface area contributed by atoms with Crippen molar-refractivity contribution in [2.75, 3.05) is 32.2 Å². The van der Waals surface area contributed by atoms with Crippen LogP contribution in [0, 0.1) is 11.3 Å². The number of nitrogen functional groups attached to an aromatic ring is 1. The van der Waals surface area contributed by atoms with E-state index in [2.05, 4.69) is 16.0 Å². The summed E-state index contributed by atoms with van der Waals surface area (Å²) < 4.78 is 39.9. The molecular weight excluding hydrogens is 662 g/mol. The predicted octanol–water partition coefficient (Wildman–Crippen LogP) is 3.12. The van der Waals surface area contributed by atoms with Crippen LogP contribution in [0.1, 0.15) is 64.2 Å². The average molecular weight is 712 g/mol. The Hall–Kier alpha value is -4.40. The van der Waals surface area contributed by atoms with E-state index in [-0.39, 0.29) is 48.4 Å². The average Bonchev–Trinajstić information content (AvgIpc) is 3.53. The van der Waals surface area contributed by atoms with Crippen LogP contribution in [0.25, 0.3) is 0 Å². The lowest BCUT2D eigenvalue weighted by atomic mass is 9.85. The van der Waals surface area contributed by atoms with Gasteiger partial charge in [0.25, 0.3) is 5.91 Å². The highest BCUT2D eigenvalue weighted by molar-refractivity contribution is 7.89. The third-order valence-corrected chi connectivity index (χ3v) is 10.2. The number of amides is 3. The van der Waals surface area contributed by atoms with Crippen LogP contribution in [0.5, 0.6) is 11.5 Å². The highest BCUT2D eigenvalue weighted by atomic mass is 32.2. The van der Waals surface area contributed by atoms with Gasteiger partial charge in [-0.25, -0.2) is 8.42 Å². The molecule has 3 atom stereocenters. The minimum Gasteiger partial charge on any atom is -0.454 e. The maximum atomic E-state index is 13.9. The zero-order chi connectivity index (χ0) is 36.6. The second-order valence-corrected chi connectivity index (χ2v) is 16.0. The maximum Gasteiger partial charge on any atom is 0.253 e. The fourth-order valence-electron chi connectivity index (χ4n) is 5.70. The minimum absolute atomic E-state index is 0.00661. The van der Waals surface area contributed by atoms with Crippen molar-refractivity contribution in [3.63, 3.8) is 0 Å². The quantitative estimate of drug-likeness (QED) is 0.173. The lowest BCUT2D eigenvalue weighted by Crippen LogP contribution is -2.59. The number of ether oxygens (including phenoxy) is 2. The van der Waals surface area contributed by atoms with Gasteiger partial charge < -0.3 is 36.3 Å². The Bertz CT molecular complexity index is 1720. The molecule has 1 aliphatic carbocycles. The summed E-state index contributed by atoms with van der Waals surface area (Å²) in [5.74, 6) is -1.01. The predicted molar refractivity (Wildman–Crippen MR) is 190 cm³/mol. The molecule has 2 aromatic rings. The van der Waals surface area contributed by atoms with Gasteiger partial charge in [0.05, 0.1) is 29.1 Å². The molecule has 272 valence electrons. The van der Waals surface area contributed by atoms with Gasteiger partial charge in [0.15, 0.2) is 11.5 Å². The number of fused-ring (bicyclic) bond motifs is 1. The molecule has 0 saturated carbocycles. The number of anilines is 1. The number of hydrogen-bond acceptors (Lipinski definition) is 9. The first-order valence-electron chi connectivity index (χ1n) is 16.7.